The molecule has 0 aliphatic rings. The third-order valence-corrected chi connectivity index (χ3v) is 5.32. The van der Waals surface area contributed by atoms with Gasteiger partial charge in [-0.05, 0) is 37.1 Å². The van der Waals surface area contributed by atoms with Gasteiger partial charge in [-0.15, -0.1) is 11.8 Å². The van der Waals surface area contributed by atoms with Crippen molar-refractivity contribution in [3.05, 3.63) is 70.7 Å². The van der Waals surface area contributed by atoms with Crippen molar-refractivity contribution in [3.8, 4) is 0 Å². The number of nitrogens with one attached hydrogen (secondary N) is 1. The average molecular weight is 405 g/mol. The lowest BCUT2D eigenvalue weighted by atomic mass is 10.1. The number of rotatable bonds is 9. The molecule has 0 bridgehead atoms. The zero-order chi connectivity index (χ0) is 19.6. The van der Waals surface area contributed by atoms with Gasteiger partial charge in [-0.25, -0.2) is 0 Å². The summed E-state index contributed by atoms with van der Waals surface area (Å²) in [5.74, 6) is 0.863. The molecule has 2 amide bonds. The van der Waals surface area contributed by atoms with Crippen LogP contribution in [0, 0.1) is 0 Å². The third kappa shape index (κ3) is 6.92. The van der Waals surface area contributed by atoms with Crippen LogP contribution in [-0.4, -0.2) is 35.1 Å². The van der Waals surface area contributed by atoms with Crippen LogP contribution in [0.1, 0.15) is 25.0 Å². The highest BCUT2D eigenvalue weighted by molar-refractivity contribution is 7.99. The first kappa shape index (κ1) is 21.3. The van der Waals surface area contributed by atoms with Gasteiger partial charge >= 0.3 is 0 Å². The summed E-state index contributed by atoms with van der Waals surface area (Å²) >= 11 is 7.61. The molecule has 6 heteroatoms. The summed E-state index contributed by atoms with van der Waals surface area (Å²) in [6, 6.07) is 16.9. The summed E-state index contributed by atoms with van der Waals surface area (Å²) in [4.78, 5) is 26.8. The summed E-state index contributed by atoms with van der Waals surface area (Å²) in [5, 5.41) is 3.41. The van der Waals surface area contributed by atoms with Gasteiger partial charge in [0.1, 0.15) is 6.04 Å². The van der Waals surface area contributed by atoms with E-state index in [-0.39, 0.29) is 11.8 Å². The van der Waals surface area contributed by atoms with Gasteiger partial charge in [0, 0.05) is 23.9 Å². The summed E-state index contributed by atoms with van der Waals surface area (Å²) in [6.45, 7) is 4.51. The Morgan fingerprint density at radius 3 is 2.48 bits per heavy atom. The molecule has 0 aromatic heterocycles. The van der Waals surface area contributed by atoms with Gasteiger partial charge < -0.3 is 10.2 Å². The van der Waals surface area contributed by atoms with Gasteiger partial charge in [-0.2, -0.15) is 0 Å². The van der Waals surface area contributed by atoms with Crippen molar-refractivity contribution in [2.45, 2.75) is 32.2 Å². The van der Waals surface area contributed by atoms with E-state index in [9.17, 15) is 9.59 Å². The molecule has 1 N–H and O–H groups in total. The normalized spacial score (nSPS) is 11.7. The number of likely N-dealkylation sites (N-methyl/N-ethyl adjacent to an activating group) is 1. The molecule has 0 saturated heterocycles. The van der Waals surface area contributed by atoms with Gasteiger partial charge in [0.2, 0.25) is 11.8 Å². The second-order valence-electron chi connectivity index (χ2n) is 6.20. The van der Waals surface area contributed by atoms with E-state index in [0.29, 0.717) is 23.9 Å². The Hall–Kier alpha value is -1.98. The molecule has 0 radical (unpaired) electrons. The first-order valence-electron chi connectivity index (χ1n) is 8.94. The topological polar surface area (TPSA) is 49.4 Å². The van der Waals surface area contributed by atoms with E-state index >= 15 is 0 Å². The van der Waals surface area contributed by atoms with E-state index in [1.54, 1.807) is 29.7 Å². The summed E-state index contributed by atoms with van der Waals surface area (Å²) in [6.07, 6.45) is 0. The van der Waals surface area contributed by atoms with Crippen LogP contribution < -0.4 is 5.32 Å². The standard InChI is InChI=1S/C21H25ClN2O2S/c1-3-23-21(26)16(2)24(13-18-10-7-11-19(22)12-18)20(25)15-27-14-17-8-5-4-6-9-17/h4-12,16H,3,13-15H2,1-2H3,(H,23,26)/t16-/m1/s1. The molecule has 2 aromatic carbocycles. The zero-order valence-electron chi connectivity index (χ0n) is 15.7. The fourth-order valence-electron chi connectivity index (χ4n) is 2.65. The van der Waals surface area contributed by atoms with Crippen LogP contribution >= 0.6 is 23.4 Å². The molecular weight excluding hydrogens is 380 g/mol. The smallest absolute Gasteiger partial charge is 0.242 e. The van der Waals surface area contributed by atoms with Crippen LogP contribution in [0.5, 0.6) is 0 Å². The van der Waals surface area contributed by atoms with Crippen LogP contribution in [0.3, 0.4) is 0 Å². The average Bonchev–Trinajstić information content (AvgIpc) is 2.66. The maximum atomic E-state index is 12.9. The number of hydrogen-bond donors (Lipinski definition) is 1. The molecule has 0 aliphatic heterocycles. The van der Waals surface area contributed by atoms with Crippen LogP contribution in [0.15, 0.2) is 54.6 Å². The molecule has 4 nitrogen and oxygen atoms in total. The first-order chi connectivity index (χ1) is 13.0. The SMILES string of the molecule is CCNC(=O)[C@@H](C)N(Cc1cccc(Cl)c1)C(=O)CSCc1ccccc1. The van der Waals surface area contributed by atoms with E-state index in [2.05, 4.69) is 5.32 Å². The monoisotopic (exact) mass is 404 g/mol. The van der Waals surface area contributed by atoms with Crippen molar-refractivity contribution in [1.29, 1.82) is 0 Å². The van der Waals surface area contributed by atoms with Crippen molar-refractivity contribution < 1.29 is 9.59 Å². The van der Waals surface area contributed by atoms with Crippen LogP contribution in [0.25, 0.3) is 0 Å². The third-order valence-electron chi connectivity index (χ3n) is 4.10. The first-order valence-corrected chi connectivity index (χ1v) is 10.5. The molecular formula is C21H25ClN2O2S. The Balaban J connectivity index is 2.05. The Labute approximate surface area is 170 Å². The van der Waals surface area contributed by atoms with Gasteiger partial charge in [-0.1, -0.05) is 54.1 Å². The van der Waals surface area contributed by atoms with Crippen molar-refractivity contribution in [3.63, 3.8) is 0 Å². The minimum absolute atomic E-state index is 0.0605. The largest absolute Gasteiger partial charge is 0.355 e. The molecule has 0 aliphatic carbocycles. The highest BCUT2D eigenvalue weighted by Crippen LogP contribution is 2.17. The van der Waals surface area contributed by atoms with Crippen molar-refractivity contribution >= 4 is 35.2 Å². The predicted octanol–water partition coefficient (Wildman–Crippen LogP) is 4.13. The Morgan fingerprint density at radius 2 is 1.81 bits per heavy atom. The summed E-state index contributed by atoms with van der Waals surface area (Å²) < 4.78 is 0. The number of benzene rings is 2. The summed E-state index contributed by atoms with van der Waals surface area (Å²) in [5.41, 5.74) is 2.08. The fourth-order valence-corrected chi connectivity index (χ4v) is 3.73. The molecule has 0 fully saturated rings. The van der Waals surface area contributed by atoms with Crippen molar-refractivity contribution in [2.75, 3.05) is 12.3 Å². The van der Waals surface area contributed by atoms with Crippen LogP contribution in [0.2, 0.25) is 5.02 Å². The molecule has 2 aromatic rings. The number of carbonyl (C=O) groups excluding carboxylic acids is 2. The molecule has 144 valence electrons. The number of thioether (sulfide) groups is 1. The van der Waals surface area contributed by atoms with Crippen molar-refractivity contribution in [1.82, 2.24) is 10.2 Å². The molecule has 1 atom stereocenters. The van der Waals surface area contributed by atoms with Gasteiger partial charge in [0.05, 0.1) is 5.75 Å². The van der Waals surface area contributed by atoms with Crippen molar-refractivity contribution in [2.24, 2.45) is 0 Å². The zero-order valence-corrected chi connectivity index (χ0v) is 17.2. The minimum Gasteiger partial charge on any atom is -0.355 e. The minimum atomic E-state index is -0.547. The van der Waals surface area contributed by atoms with Gasteiger partial charge in [0.15, 0.2) is 0 Å². The molecule has 27 heavy (non-hydrogen) atoms. The van der Waals surface area contributed by atoms with E-state index in [0.717, 1.165) is 11.3 Å². The van der Waals surface area contributed by atoms with E-state index in [1.165, 1.54) is 5.56 Å². The van der Waals surface area contributed by atoms with Crippen LogP contribution in [-0.2, 0) is 21.9 Å². The lowest BCUT2D eigenvalue weighted by molar-refractivity contribution is -0.138. The summed E-state index contributed by atoms with van der Waals surface area (Å²) in [7, 11) is 0. The fraction of sp³-hybridized carbons (Fsp3) is 0.333. The second kappa shape index (κ2) is 11.0. The highest BCUT2D eigenvalue weighted by Gasteiger charge is 2.25. The maximum absolute atomic E-state index is 12.9. The number of carbonyl (C=O) groups is 2. The second-order valence-corrected chi connectivity index (χ2v) is 7.62. The van der Waals surface area contributed by atoms with E-state index in [1.807, 2.05) is 55.5 Å². The number of halogens is 1. The maximum Gasteiger partial charge on any atom is 0.242 e. The quantitative estimate of drug-likeness (QED) is 0.683. The lowest BCUT2D eigenvalue weighted by Gasteiger charge is -2.28. The number of amides is 2. The molecule has 2 rings (SSSR count). The molecule has 0 saturated carbocycles. The Morgan fingerprint density at radius 1 is 1.11 bits per heavy atom. The van der Waals surface area contributed by atoms with E-state index in [4.69, 9.17) is 11.6 Å². The number of nitrogens with zero attached hydrogens (tertiary/aromatic N) is 1. The predicted molar refractivity (Wildman–Crippen MR) is 113 cm³/mol. The van der Waals surface area contributed by atoms with Gasteiger partial charge in [0.25, 0.3) is 0 Å². The number of hydrogen-bond acceptors (Lipinski definition) is 3. The van der Waals surface area contributed by atoms with E-state index < -0.39 is 6.04 Å². The van der Waals surface area contributed by atoms with Crippen LogP contribution in [0.4, 0.5) is 0 Å². The molecule has 0 unspecified atom stereocenters. The lowest BCUT2D eigenvalue weighted by Crippen LogP contribution is -2.48. The molecule has 0 spiro atoms. The molecule has 0 heterocycles. The Bertz CT molecular complexity index is 755. The highest BCUT2D eigenvalue weighted by atomic mass is 35.5. The van der Waals surface area contributed by atoms with Gasteiger partial charge in [-0.3, -0.25) is 9.59 Å². The Kier molecular flexibility index (Phi) is 8.69.